The summed E-state index contributed by atoms with van der Waals surface area (Å²) in [6.45, 7) is 2.39. The van der Waals surface area contributed by atoms with Crippen molar-refractivity contribution in [2.45, 2.75) is 19.3 Å². The molecule has 0 bridgehead atoms. The van der Waals surface area contributed by atoms with Gasteiger partial charge in [0.25, 0.3) is 0 Å². The number of hydrogen-bond acceptors (Lipinski definition) is 1. The van der Waals surface area contributed by atoms with Crippen LogP contribution in [0.4, 0.5) is 4.39 Å². The summed E-state index contributed by atoms with van der Waals surface area (Å²) in [6.07, 6.45) is 0.649. The van der Waals surface area contributed by atoms with E-state index < -0.39 is 0 Å². The van der Waals surface area contributed by atoms with Gasteiger partial charge in [0.1, 0.15) is 5.82 Å². The Hall–Kier alpha value is -1.38. The molecule has 0 heterocycles. The highest BCUT2D eigenvalue weighted by molar-refractivity contribution is 6.31. The summed E-state index contributed by atoms with van der Waals surface area (Å²) in [7, 11) is 0. The molecule has 2 aromatic carbocycles. The average molecular weight is 278 g/mol. The molecule has 1 unspecified atom stereocenters. The third-order valence-electron chi connectivity index (χ3n) is 3.30. The van der Waals surface area contributed by atoms with Crippen LogP contribution < -0.4 is 5.73 Å². The average Bonchev–Trinajstić information content (AvgIpc) is 2.39. The molecule has 100 valence electrons. The van der Waals surface area contributed by atoms with Crippen molar-refractivity contribution in [1.29, 1.82) is 0 Å². The predicted molar refractivity (Wildman–Crippen MR) is 78.1 cm³/mol. The summed E-state index contributed by atoms with van der Waals surface area (Å²) in [4.78, 5) is 0. The van der Waals surface area contributed by atoms with Gasteiger partial charge in [-0.3, -0.25) is 0 Å². The molecule has 19 heavy (non-hydrogen) atoms. The Morgan fingerprint density at radius 1 is 1.21 bits per heavy atom. The van der Waals surface area contributed by atoms with Crippen LogP contribution in [0.5, 0.6) is 0 Å². The molecule has 3 heteroatoms. The van der Waals surface area contributed by atoms with Gasteiger partial charge in [0.15, 0.2) is 0 Å². The lowest BCUT2D eigenvalue weighted by Gasteiger charge is -2.17. The molecule has 0 aliphatic rings. The van der Waals surface area contributed by atoms with Crippen LogP contribution in [0.3, 0.4) is 0 Å². The molecule has 0 radical (unpaired) electrons. The molecule has 1 nitrogen and oxygen atoms in total. The second-order valence-electron chi connectivity index (χ2n) is 4.75. The van der Waals surface area contributed by atoms with E-state index in [1.54, 1.807) is 12.1 Å². The Labute approximate surface area is 118 Å². The van der Waals surface area contributed by atoms with Gasteiger partial charge < -0.3 is 5.73 Å². The van der Waals surface area contributed by atoms with Crippen molar-refractivity contribution in [1.82, 2.24) is 0 Å². The maximum Gasteiger partial charge on any atom is 0.126 e. The Morgan fingerprint density at radius 3 is 2.58 bits per heavy atom. The summed E-state index contributed by atoms with van der Waals surface area (Å²) in [6, 6.07) is 12.7. The van der Waals surface area contributed by atoms with Gasteiger partial charge in [-0.05, 0) is 48.7 Å². The van der Waals surface area contributed by atoms with E-state index in [0.29, 0.717) is 18.5 Å². The molecule has 2 rings (SSSR count). The Bertz CT molecular complexity index is 568. The van der Waals surface area contributed by atoms with E-state index in [0.717, 1.165) is 16.1 Å². The van der Waals surface area contributed by atoms with Gasteiger partial charge in [-0.25, -0.2) is 4.39 Å². The third kappa shape index (κ3) is 3.34. The summed E-state index contributed by atoms with van der Waals surface area (Å²) >= 11 is 6.22. The summed E-state index contributed by atoms with van der Waals surface area (Å²) in [5, 5.41) is 0.717. The molecule has 2 N–H and O–H groups in total. The highest BCUT2D eigenvalue weighted by atomic mass is 35.5. The SMILES string of the molecule is Cc1ccc(CC(CN)c2ccccc2F)c(Cl)c1. The van der Waals surface area contributed by atoms with Crippen molar-refractivity contribution in [3.05, 3.63) is 70.0 Å². The highest BCUT2D eigenvalue weighted by Crippen LogP contribution is 2.26. The first-order valence-electron chi connectivity index (χ1n) is 6.31. The van der Waals surface area contributed by atoms with E-state index in [-0.39, 0.29) is 11.7 Å². The fourth-order valence-corrected chi connectivity index (χ4v) is 2.52. The first-order chi connectivity index (χ1) is 9.11. The van der Waals surface area contributed by atoms with E-state index in [1.807, 2.05) is 31.2 Å². The molecule has 0 saturated carbocycles. The number of nitrogens with two attached hydrogens (primary N) is 1. The molecule has 0 saturated heterocycles. The van der Waals surface area contributed by atoms with Crippen molar-refractivity contribution >= 4 is 11.6 Å². The molecule has 0 aliphatic carbocycles. The highest BCUT2D eigenvalue weighted by Gasteiger charge is 2.15. The van der Waals surface area contributed by atoms with Crippen molar-refractivity contribution in [3.8, 4) is 0 Å². The molecule has 2 aromatic rings. The zero-order valence-corrected chi connectivity index (χ0v) is 11.6. The van der Waals surface area contributed by atoms with Crippen LogP contribution in [0, 0.1) is 12.7 Å². The molecule has 0 aliphatic heterocycles. The maximum absolute atomic E-state index is 13.8. The van der Waals surface area contributed by atoms with Crippen molar-refractivity contribution < 1.29 is 4.39 Å². The summed E-state index contributed by atoms with van der Waals surface area (Å²) in [5.74, 6) is -0.261. The van der Waals surface area contributed by atoms with Crippen LogP contribution >= 0.6 is 11.6 Å². The lowest BCUT2D eigenvalue weighted by Crippen LogP contribution is -2.16. The topological polar surface area (TPSA) is 26.0 Å². The smallest absolute Gasteiger partial charge is 0.126 e. The lowest BCUT2D eigenvalue weighted by molar-refractivity contribution is 0.576. The number of hydrogen-bond donors (Lipinski definition) is 1. The standard InChI is InChI=1S/C16H17ClFN/c1-11-6-7-12(15(17)8-11)9-13(10-19)14-4-2-3-5-16(14)18/h2-8,13H,9-10,19H2,1H3. The second kappa shape index (κ2) is 6.18. The van der Waals surface area contributed by atoms with Crippen LogP contribution in [-0.2, 0) is 6.42 Å². The monoisotopic (exact) mass is 277 g/mol. The number of aryl methyl sites for hydroxylation is 1. The minimum atomic E-state index is -0.207. The molecular weight excluding hydrogens is 261 g/mol. The normalized spacial score (nSPS) is 12.4. The van der Waals surface area contributed by atoms with E-state index in [9.17, 15) is 4.39 Å². The van der Waals surface area contributed by atoms with Crippen LogP contribution in [0.2, 0.25) is 5.02 Å². The van der Waals surface area contributed by atoms with Gasteiger partial charge in [0.2, 0.25) is 0 Å². The van der Waals surface area contributed by atoms with Gasteiger partial charge in [0, 0.05) is 10.9 Å². The van der Waals surface area contributed by atoms with Gasteiger partial charge in [-0.2, -0.15) is 0 Å². The van der Waals surface area contributed by atoms with Crippen LogP contribution in [-0.4, -0.2) is 6.54 Å². The maximum atomic E-state index is 13.8. The number of rotatable bonds is 4. The van der Waals surface area contributed by atoms with Gasteiger partial charge in [-0.15, -0.1) is 0 Å². The Balaban J connectivity index is 2.27. The second-order valence-corrected chi connectivity index (χ2v) is 5.16. The molecule has 0 spiro atoms. The van der Waals surface area contributed by atoms with Gasteiger partial charge in [0.05, 0.1) is 0 Å². The van der Waals surface area contributed by atoms with Crippen molar-refractivity contribution in [2.24, 2.45) is 5.73 Å². The van der Waals surface area contributed by atoms with Crippen LogP contribution in [0.25, 0.3) is 0 Å². The van der Waals surface area contributed by atoms with Crippen molar-refractivity contribution in [3.63, 3.8) is 0 Å². The molecule has 0 fully saturated rings. The lowest BCUT2D eigenvalue weighted by atomic mass is 9.91. The molecule has 0 amide bonds. The number of halogens is 2. The van der Waals surface area contributed by atoms with Crippen LogP contribution in [0.15, 0.2) is 42.5 Å². The first kappa shape index (κ1) is 14.0. The summed E-state index contributed by atoms with van der Waals surface area (Å²) < 4.78 is 13.8. The first-order valence-corrected chi connectivity index (χ1v) is 6.69. The van der Waals surface area contributed by atoms with Gasteiger partial charge >= 0.3 is 0 Å². The van der Waals surface area contributed by atoms with E-state index in [1.165, 1.54) is 6.07 Å². The zero-order chi connectivity index (χ0) is 13.8. The predicted octanol–water partition coefficient (Wildman–Crippen LogP) is 4.07. The van der Waals surface area contributed by atoms with E-state index >= 15 is 0 Å². The van der Waals surface area contributed by atoms with Gasteiger partial charge in [-0.1, -0.05) is 41.9 Å². The Morgan fingerprint density at radius 2 is 1.95 bits per heavy atom. The van der Waals surface area contributed by atoms with Crippen LogP contribution in [0.1, 0.15) is 22.6 Å². The fourth-order valence-electron chi connectivity index (χ4n) is 2.21. The van der Waals surface area contributed by atoms with E-state index in [4.69, 9.17) is 17.3 Å². The zero-order valence-electron chi connectivity index (χ0n) is 10.9. The third-order valence-corrected chi connectivity index (χ3v) is 3.66. The summed E-state index contributed by atoms with van der Waals surface area (Å²) in [5.41, 5.74) is 8.57. The minimum Gasteiger partial charge on any atom is -0.330 e. The molecular formula is C16H17ClFN. The minimum absolute atomic E-state index is 0.0543. The largest absolute Gasteiger partial charge is 0.330 e. The van der Waals surface area contributed by atoms with Crippen molar-refractivity contribution in [2.75, 3.05) is 6.54 Å². The molecule has 1 atom stereocenters. The quantitative estimate of drug-likeness (QED) is 0.896. The number of benzene rings is 2. The fraction of sp³-hybridized carbons (Fsp3) is 0.250. The molecule has 0 aromatic heterocycles. The Kier molecular flexibility index (Phi) is 4.56. The van der Waals surface area contributed by atoms with E-state index in [2.05, 4.69) is 0 Å².